The van der Waals surface area contributed by atoms with Crippen LogP contribution in [0.2, 0.25) is 0 Å². The van der Waals surface area contributed by atoms with Gasteiger partial charge in [0.2, 0.25) is 0 Å². The summed E-state index contributed by atoms with van der Waals surface area (Å²) in [6.45, 7) is 3.22. The van der Waals surface area contributed by atoms with Gasteiger partial charge in [0.15, 0.2) is 6.10 Å². The lowest BCUT2D eigenvalue weighted by Gasteiger charge is -2.32. The van der Waals surface area contributed by atoms with E-state index in [2.05, 4.69) is 5.32 Å². The maximum Gasteiger partial charge on any atom is 0.414 e. The number of ether oxygens (including phenoxy) is 1. The molecule has 0 amide bonds. The van der Waals surface area contributed by atoms with Gasteiger partial charge >= 0.3 is 12.1 Å². The molecule has 0 heterocycles. The van der Waals surface area contributed by atoms with Gasteiger partial charge in [-0.05, 0) is 38.6 Å². The van der Waals surface area contributed by atoms with Crippen molar-refractivity contribution in [1.29, 1.82) is 0 Å². The van der Waals surface area contributed by atoms with E-state index in [0.717, 1.165) is 13.3 Å². The van der Waals surface area contributed by atoms with Crippen molar-refractivity contribution in [2.75, 3.05) is 13.2 Å². The third-order valence-corrected chi connectivity index (χ3v) is 3.99. The van der Waals surface area contributed by atoms with E-state index < -0.39 is 23.8 Å². The molecule has 118 valence electrons. The van der Waals surface area contributed by atoms with Crippen LogP contribution >= 0.6 is 0 Å². The normalized spacial score (nSPS) is 28.6. The van der Waals surface area contributed by atoms with E-state index in [4.69, 9.17) is 4.74 Å². The van der Waals surface area contributed by atoms with Gasteiger partial charge in [0.05, 0.1) is 0 Å². The molecule has 1 fully saturated rings. The molecule has 1 rings (SSSR count). The summed E-state index contributed by atoms with van der Waals surface area (Å²) in [5.74, 6) is -1.12. The Balaban J connectivity index is 2.56. The van der Waals surface area contributed by atoms with E-state index in [-0.39, 0.29) is 12.5 Å². The number of alkyl halides is 3. The van der Waals surface area contributed by atoms with Crippen molar-refractivity contribution in [3.63, 3.8) is 0 Å². The monoisotopic (exact) mass is 297 g/mol. The number of rotatable bonds is 7. The summed E-state index contributed by atoms with van der Waals surface area (Å²) in [6, 6.07) is 0. The highest BCUT2D eigenvalue weighted by molar-refractivity contribution is 5.79. The fourth-order valence-electron chi connectivity index (χ4n) is 2.86. The maximum atomic E-state index is 12.3. The van der Waals surface area contributed by atoms with E-state index in [1.165, 1.54) is 0 Å². The first-order valence-electron chi connectivity index (χ1n) is 6.90. The zero-order valence-corrected chi connectivity index (χ0v) is 11.8. The molecule has 0 aromatic rings. The molecular formula is C13H22F3NO3. The minimum atomic E-state index is -4.37. The number of carboxylic acid groups (broad SMARTS) is 1. The summed E-state index contributed by atoms with van der Waals surface area (Å²) < 4.78 is 41.7. The molecule has 1 aliphatic carbocycles. The molecule has 2 N–H and O–H groups in total. The van der Waals surface area contributed by atoms with Crippen molar-refractivity contribution in [3.8, 4) is 0 Å². The second-order valence-electron chi connectivity index (χ2n) is 5.24. The molecule has 20 heavy (non-hydrogen) atoms. The highest BCUT2D eigenvalue weighted by Crippen LogP contribution is 2.38. The van der Waals surface area contributed by atoms with Crippen molar-refractivity contribution in [2.45, 2.75) is 57.3 Å². The van der Waals surface area contributed by atoms with Crippen LogP contribution in [0.5, 0.6) is 0 Å². The van der Waals surface area contributed by atoms with Crippen LogP contribution in [0.25, 0.3) is 0 Å². The molecule has 4 nitrogen and oxygen atoms in total. The Kier molecular flexibility index (Phi) is 5.82. The zero-order valence-electron chi connectivity index (χ0n) is 11.8. The van der Waals surface area contributed by atoms with Gasteiger partial charge in [-0.3, -0.25) is 4.79 Å². The Morgan fingerprint density at radius 1 is 1.55 bits per heavy atom. The third kappa shape index (κ3) is 3.85. The van der Waals surface area contributed by atoms with Crippen molar-refractivity contribution >= 4 is 5.97 Å². The fraction of sp³-hybridized carbons (Fsp3) is 0.923. The highest BCUT2D eigenvalue weighted by Gasteiger charge is 2.48. The van der Waals surface area contributed by atoms with Crippen LogP contribution in [-0.4, -0.2) is 42.0 Å². The second kappa shape index (κ2) is 6.76. The van der Waals surface area contributed by atoms with E-state index in [0.29, 0.717) is 25.8 Å². The molecule has 3 unspecified atom stereocenters. The molecule has 1 aliphatic rings. The predicted molar refractivity (Wildman–Crippen MR) is 67.5 cm³/mol. The number of carbonyl (C=O) groups is 1. The minimum absolute atomic E-state index is 0.0776. The largest absolute Gasteiger partial charge is 0.480 e. The molecule has 0 aromatic carbocycles. The minimum Gasteiger partial charge on any atom is -0.480 e. The van der Waals surface area contributed by atoms with Gasteiger partial charge in [0.25, 0.3) is 0 Å². The molecule has 1 saturated carbocycles. The lowest BCUT2D eigenvalue weighted by atomic mass is 9.84. The molecule has 3 atom stereocenters. The second-order valence-corrected chi connectivity index (χ2v) is 5.24. The summed E-state index contributed by atoms with van der Waals surface area (Å²) in [6.07, 6.45) is -3.90. The molecule has 0 bridgehead atoms. The van der Waals surface area contributed by atoms with Gasteiger partial charge in [-0.1, -0.05) is 13.3 Å². The van der Waals surface area contributed by atoms with E-state index >= 15 is 0 Å². The Labute approximate surface area is 116 Å². The van der Waals surface area contributed by atoms with Gasteiger partial charge in [0.1, 0.15) is 5.54 Å². The Hall–Kier alpha value is -0.820. The fourth-order valence-corrected chi connectivity index (χ4v) is 2.86. The molecule has 0 radical (unpaired) electrons. The first-order chi connectivity index (χ1) is 9.24. The van der Waals surface area contributed by atoms with Crippen LogP contribution in [0.15, 0.2) is 0 Å². The van der Waals surface area contributed by atoms with Gasteiger partial charge in [-0.2, -0.15) is 13.2 Å². The summed E-state index contributed by atoms with van der Waals surface area (Å²) in [5, 5.41) is 12.4. The zero-order chi connectivity index (χ0) is 15.4. The van der Waals surface area contributed by atoms with Crippen LogP contribution in [-0.2, 0) is 9.53 Å². The lowest BCUT2D eigenvalue weighted by Crippen LogP contribution is -2.55. The van der Waals surface area contributed by atoms with Crippen molar-refractivity contribution < 1.29 is 27.8 Å². The van der Waals surface area contributed by atoms with Crippen molar-refractivity contribution in [2.24, 2.45) is 5.92 Å². The number of carboxylic acids is 1. The van der Waals surface area contributed by atoms with Crippen LogP contribution in [0, 0.1) is 5.92 Å². The SMILES string of the molecule is CCNC1(C(=O)O)CCCC1CCOC(C)C(F)(F)F. The standard InChI is InChI=1S/C13H22F3NO3/c1-3-17-12(11(18)19)7-4-5-10(12)6-8-20-9(2)13(14,15)16/h9-10,17H,3-8H2,1-2H3,(H,18,19). The average Bonchev–Trinajstić information content (AvgIpc) is 2.73. The topological polar surface area (TPSA) is 58.6 Å². The van der Waals surface area contributed by atoms with Gasteiger partial charge < -0.3 is 15.2 Å². The number of halogens is 3. The van der Waals surface area contributed by atoms with Crippen LogP contribution in [0.3, 0.4) is 0 Å². The predicted octanol–water partition coefficient (Wildman–Crippen LogP) is 2.58. The van der Waals surface area contributed by atoms with Crippen molar-refractivity contribution in [1.82, 2.24) is 5.32 Å². The molecular weight excluding hydrogens is 275 g/mol. The number of hydrogen-bond acceptors (Lipinski definition) is 3. The molecule has 0 spiro atoms. The maximum absolute atomic E-state index is 12.3. The molecule has 0 saturated heterocycles. The number of likely N-dealkylation sites (N-methyl/N-ethyl adjacent to an activating group) is 1. The first-order valence-corrected chi connectivity index (χ1v) is 6.90. The Bertz CT molecular complexity index is 335. The van der Waals surface area contributed by atoms with Crippen LogP contribution < -0.4 is 5.32 Å². The Morgan fingerprint density at radius 2 is 2.20 bits per heavy atom. The van der Waals surface area contributed by atoms with Crippen LogP contribution in [0.4, 0.5) is 13.2 Å². The van der Waals surface area contributed by atoms with Gasteiger partial charge in [-0.15, -0.1) is 0 Å². The quantitative estimate of drug-likeness (QED) is 0.758. The molecule has 0 aliphatic heterocycles. The molecule has 7 heteroatoms. The molecule has 0 aromatic heterocycles. The van der Waals surface area contributed by atoms with E-state index in [1.54, 1.807) is 0 Å². The summed E-state index contributed by atoms with van der Waals surface area (Å²) in [4.78, 5) is 11.5. The number of nitrogens with one attached hydrogen (secondary N) is 1. The van der Waals surface area contributed by atoms with Gasteiger partial charge in [-0.25, -0.2) is 0 Å². The number of aliphatic carboxylic acids is 1. The van der Waals surface area contributed by atoms with Crippen molar-refractivity contribution in [3.05, 3.63) is 0 Å². The van der Waals surface area contributed by atoms with E-state index in [9.17, 15) is 23.1 Å². The third-order valence-electron chi connectivity index (χ3n) is 3.99. The average molecular weight is 297 g/mol. The number of hydrogen-bond donors (Lipinski definition) is 2. The Morgan fingerprint density at radius 3 is 2.70 bits per heavy atom. The van der Waals surface area contributed by atoms with E-state index in [1.807, 2.05) is 6.92 Å². The summed E-state index contributed by atoms with van der Waals surface area (Å²) in [7, 11) is 0. The summed E-state index contributed by atoms with van der Waals surface area (Å²) >= 11 is 0. The van der Waals surface area contributed by atoms with Crippen LogP contribution in [0.1, 0.15) is 39.5 Å². The van der Waals surface area contributed by atoms with Gasteiger partial charge in [0, 0.05) is 6.61 Å². The lowest BCUT2D eigenvalue weighted by molar-refractivity contribution is -0.215. The first kappa shape index (κ1) is 17.2. The highest BCUT2D eigenvalue weighted by atomic mass is 19.4. The summed E-state index contributed by atoms with van der Waals surface area (Å²) in [5.41, 5.74) is -1.01. The smallest absolute Gasteiger partial charge is 0.414 e.